The smallest absolute Gasteiger partial charge is 0.435 e. The zero-order chi connectivity index (χ0) is 39.3. The van der Waals surface area contributed by atoms with Crippen molar-refractivity contribution in [2.24, 2.45) is 5.92 Å². The summed E-state index contributed by atoms with van der Waals surface area (Å²) in [6.07, 6.45) is -3.72. The minimum Gasteiger partial charge on any atom is -0.444 e. The minimum atomic E-state index is -4.81. The number of rotatable bonds is 12. The van der Waals surface area contributed by atoms with Crippen LogP contribution in [0.5, 0.6) is 0 Å². The largest absolute Gasteiger partial charge is 0.444 e. The van der Waals surface area contributed by atoms with Crippen LogP contribution >= 0.6 is 0 Å². The van der Waals surface area contributed by atoms with Gasteiger partial charge in [0.1, 0.15) is 16.9 Å². The van der Waals surface area contributed by atoms with E-state index in [9.17, 15) is 27.6 Å². The molecule has 0 saturated heterocycles. The number of alkyl halides is 3. The predicted molar refractivity (Wildman–Crippen MR) is 198 cm³/mol. The van der Waals surface area contributed by atoms with Crippen LogP contribution in [0, 0.1) is 5.92 Å². The molecule has 4 N–H and O–H groups in total. The fraction of sp³-hybridized carbons (Fsp3) is 0.400. The quantitative estimate of drug-likeness (QED) is 0.115. The molecule has 3 amide bonds. The lowest BCUT2D eigenvalue weighted by Crippen LogP contribution is -2.32. The van der Waals surface area contributed by atoms with E-state index in [1.807, 2.05) is 30.3 Å². The van der Waals surface area contributed by atoms with Crippen molar-refractivity contribution in [1.29, 1.82) is 0 Å². The molecule has 0 bridgehead atoms. The monoisotopic (exact) mass is 748 g/mol. The maximum atomic E-state index is 13.9. The Morgan fingerprint density at radius 1 is 0.778 bits per heavy atom. The molecule has 5 rings (SSSR count). The van der Waals surface area contributed by atoms with Gasteiger partial charge in [-0.1, -0.05) is 48.5 Å². The van der Waals surface area contributed by atoms with E-state index >= 15 is 0 Å². The summed E-state index contributed by atoms with van der Waals surface area (Å²) in [6.45, 7) is 11.6. The Morgan fingerprint density at radius 2 is 1.33 bits per heavy atom. The number of nitrogens with one attached hydrogen (secondary N) is 4. The van der Waals surface area contributed by atoms with Gasteiger partial charge in [-0.3, -0.25) is 4.79 Å². The molecule has 288 valence electrons. The van der Waals surface area contributed by atoms with Crippen LogP contribution in [0.4, 0.5) is 28.4 Å². The van der Waals surface area contributed by atoms with Gasteiger partial charge in [0.25, 0.3) is 5.91 Å². The predicted octanol–water partition coefficient (Wildman–Crippen LogP) is 8.28. The van der Waals surface area contributed by atoms with E-state index in [0.717, 1.165) is 40.8 Å². The van der Waals surface area contributed by atoms with Crippen LogP contribution in [-0.4, -0.2) is 45.6 Å². The van der Waals surface area contributed by atoms with Gasteiger partial charge in [0, 0.05) is 24.8 Å². The number of carbonyl (C=O) groups excluding carboxylic acids is 3. The van der Waals surface area contributed by atoms with Gasteiger partial charge in [-0.05, 0) is 113 Å². The third-order valence-electron chi connectivity index (χ3n) is 8.13. The number of ether oxygens (including phenoxy) is 2. The Kier molecular flexibility index (Phi) is 12.0. The van der Waals surface area contributed by atoms with Crippen molar-refractivity contribution in [2.45, 2.75) is 90.9 Å². The molecule has 1 aliphatic carbocycles. The van der Waals surface area contributed by atoms with Gasteiger partial charge in [0.05, 0.1) is 11.7 Å². The normalized spacial score (nSPS) is 13.9. The Balaban J connectivity index is 1.37. The number of hydrogen-bond acceptors (Lipinski definition) is 7. The van der Waals surface area contributed by atoms with E-state index in [1.165, 1.54) is 12.1 Å². The molecule has 11 nitrogen and oxygen atoms in total. The summed E-state index contributed by atoms with van der Waals surface area (Å²) < 4.78 is 53.4. The average Bonchev–Trinajstić information content (AvgIpc) is 3.78. The second-order valence-corrected chi connectivity index (χ2v) is 15.3. The number of hydrogen-bond donors (Lipinski definition) is 4. The van der Waals surface area contributed by atoms with Crippen LogP contribution in [0.3, 0.4) is 0 Å². The summed E-state index contributed by atoms with van der Waals surface area (Å²) in [4.78, 5) is 38.2. The molecule has 1 aromatic heterocycles. The van der Waals surface area contributed by atoms with Crippen molar-refractivity contribution in [2.75, 3.05) is 11.9 Å². The number of anilines is 1. The highest BCUT2D eigenvalue weighted by Crippen LogP contribution is 2.32. The minimum absolute atomic E-state index is 0.0313. The molecule has 4 aromatic rings. The van der Waals surface area contributed by atoms with Crippen molar-refractivity contribution in [3.05, 3.63) is 113 Å². The zero-order valence-corrected chi connectivity index (χ0v) is 31.3. The van der Waals surface area contributed by atoms with Crippen molar-refractivity contribution in [3.8, 4) is 5.69 Å². The Bertz CT molecular complexity index is 1960. The van der Waals surface area contributed by atoms with Crippen molar-refractivity contribution >= 4 is 23.8 Å². The first-order valence-corrected chi connectivity index (χ1v) is 17.8. The van der Waals surface area contributed by atoms with E-state index in [4.69, 9.17) is 9.47 Å². The lowest BCUT2D eigenvalue weighted by molar-refractivity contribution is -0.141. The summed E-state index contributed by atoms with van der Waals surface area (Å²) >= 11 is 0. The molecular formula is C40H47F3N6O5. The van der Waals surface area contributed by atoms with Crippen molar-refractivity contribution < 1.29 is 37.0 Å². The molecule has 1 aliphatic rings. The fourth-order valence-corrected chi connectivity index (χ4v) is 5.56. The SMILES string of the molecule is CC(C)(C)OC(=O)NCc1cccc(C(NCC2CC2)c2cccc(NC(=O)c3cc(C(F)(F)F)nn3-c3cccc(CNC(=O)OC(C)(C)C)c3)c2)c1. The first-order chi connectivity index (χ1) is 25.3. The van der Waals surface area contributed by atoms with Crippen LogP contribution in [0.15, 0.2) is 78.9 Å². The summed E-state index contributed by atoms with van der Waals surface area (Å²) in [6, 6.07) is 21.6. The lowest BCUT2D eigenvalue weighted by atomic mass is 9.96. The van der Waals surface area contributed by atoms with E-state index in [2.05, 4.69) is 26.4 Å². The molecule has 0 spiro atoms. The van der Waals surface area contributed by atoms with Gasteiger partial charge in [-0.15, -0.1) is 0 Å². The molecular weight excluding hydrogens is 701 g/mol. The highest BCUT2D eigenvalue weighted by molar-refractivity contribution is 6.03. The third-order valence-corrected chi connectivity index (χ3v) is 8.13. The molecule has 1 fully saturated rings. The number of benzene rings is 3. The standard InChI is InChI=1S/C40H47F3N6O5/c1-38(2,3)53-36(51)45-23-26-10-7-12-28(18-26)34(44-22-25-16-17-25)29-13-9-14-30(20-29)47-35(50)32-21-33(40(41,42)43)48-49(32)31-15-8-11-27(19-31)24-46-37(52)54-39(4,5)6/h7-15,18-21,25,34,44H,16-17,22-24H2,1-6H3,(H,45,51)(H,46,52)(H,47,50). The zero-order valence-electron chi connectivity index (χ0n) is 31.3. The van der Waals surface area contributed by atoms with E-state index in [-0.39, 0.29) is 30.5 Å². The van der Waals surface area contributed by atoms with Crippen molar-refractivity contribution in [3.63, 3.8) is 0 Å². The van der Waals surface area contributed by atoms with Gasteiger partial charge in [-0.2, -0.15) is 18.3 Å². The average molecular weight is 749 g/mol. The highest BCUT2D eigenvalue weighted by Gasteiger charge is 2.36. The van der Waals surface area contributed by atoms with Gasteiger partial charge in [-0.25, -0.2) is 14.3 Å². The second kappa shape index (κ2) is 16.3. The van der Waals surface area contributed by atoms with E-state index < -0.39 is 41.2 Å². The number of halogens is 3. The van der Waals surface area contributed by atoms with E-state index in [1.54, 1.807) is 71.9 Å². The fourth-order valence-electron chi connectivity index (χ4n) is 5.56. The molecule has 54 heavy (non-hydrogen) atoms. The Hall–Kier alpha value is -5.37. The first-order valence-electron chi connectivity index (χ1n) is 17.8. The highest BCUT2D eigenvalue weighted by atomic mass is 19.4. The molecule has 1 saturated carbocycles. The molecule has 3 aromatic carbocycles. The number of carbonyl (C=O) groups is 3. The maximum absolute atomic E-state index is 13.9. The molecule has 14 heteroatoms. The van der Waals surface area contributed by atoms with Crippen LogP contribution in [0.25, 0.3) is 5.69 Å². The molecule has 1 atom stereocenters. The Morgan fingerprint density at radius 3 is 1.91 bits per heavy atom. The van der Waals surface area contributed by atoms with Crippen LogP contribution < -0.4 is 21.3 Å². The van der Waals surface area contributed by atoms with Gasteiger partial charge in [0.15, 0.2) is 5.69 Å². The first kappa shape index (κ1) is 39.8. The van der Waals surface area contributed by atoms with Crippen LogP contribution in [0.1, 0.15) is 98.9 Å². The van der Waals surface area contributed by atoms with Crippen LogP contribution in [0.2, 0.25) is 0 Å². The summed E-state index contributed by atoms with van der Waals surface area (Å²) in [5, 5.41) is 15.6. The topological polar surface area (TPSA) is 136 Å². The molecule has 1 heterocycles. The molecule has 1 unspecified atom stereocenters. The number of alkyl carbamates (subject to hydrolysis) is 2. The summed E-state index contributed by atoms with van der Waals surface area (Å²) in [7, 11) is 0. The molecule has 0 radical (unpaired) electrons. The van der Waals surface area contributed by atoms with Gasteiger partial charge < -0.3 is 30.7 Å². The third kappa shape index (κ3) is 11.8. The number of amides is 3. The maximum Gasteiger partial charge on any atom is 0.435 e. The number of aromatic nitrogens is 2. The van der Waals surface area contributed by atoms with Crippen molar-refractivity contribution in [1.82, 2.24) is 25.7 Å². The molecule has 0 aliphatic heterocycles. The summed E-state index contributed by atoms with van der Waals surface area (Å²) in [5.41, 5.74) is 0.818. The second-order valence-electron chi connectivity index (χ2n) is 15.3. The number of nitrogens with zero attached hydrogens (tertiary/aromatic N) is 2. The van der Waals surface area contributed by atoms with Crippen LogP contribution in [-0.2, 0) is 28.7 Å². The summed E-state index contributed by atoms with van der Waals surface area (Å²) in [5.74, 6) is -0.243. The lowest BCUT2D eigenvalue weighted by Gasteiger charge is -2.22. The van der Waals surface area contributed by atoms with Gasteiger partial charge >= 0.3 is 18.4 Å². The Labute approximate surface area is 313 Å². The van der Waals surface area contributed by atoms with Gasteiger partial charge in [0.2, 0.25) is 0 Å². The van der Waals surface area contributed by atoms with E-state index in [0.29, 0.717) is 23.2 Å².